The number of aliphatic imine (C=N–C) groups is 1. The lowest BCUT2D eigenvalue weighted by atomic mass is 10.1. The molecule has 4 heteroatoms. The lowest BCUT2D eigenvalue weighted by Gasteiger charge is -2.45. The molecule has 2 unspecified atom stereocenters. The lowest BCUT2D eigenvalue weighted by Crippen LogP contribution is -2.25. The number of nitrogens with zero attached hydrogens (tertiary/aromatic N) is 1. The highest BCUT2D eigenvalue weighted by molar-refractivity contribution is 8.25. The van der Waals surface area contributed by atoms with E-state index in [1.54, 1.807) is 0 Å². The molecule has 1 fully saturated rings. The Bertz CT molecular complexity index is 281. The molecule has 0 radical (unpaired) electrons. The molecule has 0 amide bonds. The van der Waals surface area contributed by atoms with Crippen molar-refractivity contribution >= 4 is 16.3 Å². The first-order valence-corrected chi connectivity index (χ1v) is 9.06. The quantitative estimate of drug-likeness (QED) is 0.542. The van der Waals surface area contributed by atoms with E-state index in [-0.39, 0.29) is 0 Å². The highest BCUT2D eigenvalue weighted by atomic mass is 32.3. The molecule has 0 bridgehead atoms. The van der Waals surface area contributed by atoms with Crippen LogP contribution in [0.2, 0.25) is 0 Å². The van der Waals surface area contributed by atoms with Gasteiger partial charge < -0.3 is 0 Å². The van der Waals surface area contributed by atoms with Crippen LogP contribution < -0.4 is 0 Å². The van der Waals surface area contributed by atoms with Gasteiger partial charge in [-0.1, -0.05) is 13.8 Å². The Morgan fingerprint density at radius 3 is 2.78 bits per heavy atom. The summed E-state index contributed by atoms with van der Waals surface area (Å²) in [5.74, 6) is 1.71. The molecule has 1 aliphatic rings. The normalized spacial score (nSPS) is 33.4. The molecule has 1 aliphatic heterocycles. The minimum absolute atomic E-state index is 0.352. The minimum atomic E-state index is -1.28. The van der Waals surface area contributed by atoms with Gasteiger partial charge in [-0.2, -0.15) is 10.6 Å². The maximum Gasteiger partial charge on any atom is 0.0816 e. The van der Waals surface area contributed by atoms with Crippen LogP contribution in [0.1, 0.15) is 47.0 Å². The van der Waals surface area contributed by atoms with Gasteiger partial charge in [0, 0.05) is 30.7 Å². The Hall–Kier alpha value is -0.0600. The van der Waals surface area contributed by atoms with Crippen molar-refractivity contribution in [2.75, 3.05) is 25.2 Å². The summed E-state index contributed by atoms with van der Waals surface area (Å²) in [7, 11) is -1.28. The Balaban J connectivity index is 2.24. The van der Waals surface area contributed by atoms with Gasteiger partial charge in [-0.05, 0) is 32.6 Å². The lowest BCUT2D eigenvalue weighted by molar-refractivity contribution is 0.129. The van der Waals surface area contributed by atoms with E-state index in [0.717, 1.165) is 38.2 Å². The third-order valence-corrected chi connectivity index (χ3v) is 5.41. The second-order valence-electron chi connectivity index (χ2n) is 5.72. The van der Waals surface area contributed by atoms with Crippen molar-refractivity contribution in [3.05, 3.63) is 0 Å². The van der Waals surface area contributed by atoms with Crippen molar-refractivity contribution in [2.45, 2.75) is 53.1 Å². The zero-order valence-electron chi connectivity index (χ0n) is 12.6. The summed E-state index contributed by atoms with van der Waals surface area (Å²) in [5, 5.41) is 0. The average Bonchev–Trinajstić information content (AvgIpc) is 2.23. The van der Waals surface area contributed by atoms with Gasteiger partial charge in [-0.15, -0.1) is 0 Å². The van der Waals surface area contributed by atoms with Crippen LogP contribution in [0.5, 0.6) is 0 Å². The zero-order chi connectivity index (χ0) is 13.6. The fraction of sp³-hybridized carbons (Fsp3) is 0.929. The monoisotopic (exact) mass is 275 g/mol. The summed E-state index contributed by atoms with van der Waals surface area (Å²) in [6.07, 6.45) is 5.67. The molecule has 3 nitrogen and oxygen atoms in total. The first-order chi connectivity index (χ1) is 8.41. The summed E-state index contributed by atoms with van der Waals surface area (Å²) in [6.45, 7) is 10.5. The molecule has 0 aliphatic carbocycles. The van der Waals surface area contributed by atoms with E-state index < -0.39 is 10.6 Å². The first-order valence-electron chi connectivity index (χ1n) is 7.00. The fourth-order valence-electron chi connectivity index (χ4n) is 2.17. The first kappa shape index (κ1) is 16.0. The van der Waals surface area contributed by atoms with Crippen LogP contribution in [0.4, 0.5) is 0 Å². The molecular weight excluding hydrogens is 246 g/mol. The van der Waals surface area contributed by atoms with E-state index in [1.165, 1.54) is 5.71 Å². The van der Waals surface area contributed by atoms with Gasteiger partial charge in [0.05, 0.1) is 12.7 Å². The smallest absolute Gasteiger partial charge is 0.0816 e. The van der Waals surface area contributed by atoms with E-state index in [9.17, 15) is 0 Å². The van der Waals surface area contributed by atoms with Gasteiger partial charge in [-0.3, -0.25) is 13.4 Å². The molecule has 0 spiro atoms. The predicted molar refractivity (Wildman–Crippen MR) is 81.5 cm³/mol. The van der Waals surface area contributed by atoms with Crippen LogP contribution in [0.15, 0.2) is 4.99 Å². The summed E-state index contributed by atoms with van der Waals surface area (Å²) >= 11 is 0. The van der Waals surface area contributed by atoms with Crippen LogP contribution in [0.25, 0.3) is 0 Å². The fourth-order valence-corrected chi connectivity index (χ4v) is 4.34. The van der Waals surface area contributed by atoms with Gasteiger partial charge in [0.15, 0.2) is 0 Å². The molecule has 0 aromatic rings. The van der Waals surface area contributed by atoms with Crippen LogP contribution >= 0.6 is 10.6 Å². The third kappa shape index (κ3) is 6.21. The maximum atomic E-state index is 5.96. The Kier molecular flexibility index (Phi) is 6.67. The molecule has 108 valence electrons. The summed E-state index contributed by atoms with van der Waals surface area (Å²) in [6, 6.07) is 0. The third-order valence-electron chi connectivity index (χ3n) is 2.98. The standard InChI is InChI=1S/C14H29NO2S/c1-12(2)11-13(3)15-8-6-10-18(5)16-9-7-14(4)17-18/h12,14H,6-11H2,1-5H3. The predicted octanol–water partition coefficient (Wildman–Crippen LogP) is 3.97. The molecule has 0 aromatic carbocycles. The molecule has 1 rings (SSSR count). The summed E-state index contributed by atoms with van der Waals surface area (Å²) in [5.41, 5.74) is 1.27. The molecule has 18 heavy (non-hydrogen) atoms. The maximum absolute atomic E-state index is 5.96. The second-order valence-corrected chi connectivity index (χ2v) is 8.40. The largest absolute Gasteiger partial charge is 0.294 e. The van der Waals surface area contributed by atoms with Crippen LogP contribution in [0, 0.1) is 5.92 Å². The summed E-state index contributed by atoms with van der Waals surface area (Å²) in [4.78, 5) is 4.62. The van der Waals surface area contributed by atoms with E-state index in [2.05, 4.69) is 38.9 Å². The number of hydrogen-bond donors (Lipinski definition) is 0. The SMILES string of the molecule is CC(CC(C)C)=NCCCS1(C)OCCC(C)O1. The number of rotatable bonds is 6. The van der Waals surface area contributed by atoms with Crippen molar-refractivity contribution < 1.29 is 8.37 Å². The van der Waals surface area contributed by atoms with Crippen LogP contribution in [-0.4, -0.2) is 37.0 Å². The molecular formula is C14H29NO2S. The van der Waals surface area contributed by atoms with E-state index in [4.69, 9.17) is 8.37 Å². The zero-order valence-corrected chi connectivity index (χ0v) is 13.4. The van der Waals surface area contributed by atoms with Crippen molar-refractivity contribution in [1.82, 2.24) is 0 Å². The second kappa shape index (κ2) is 7.51. The van der Waals surface area contributed by atoms with Gasteiger partial charge >= 0.3 is 0 Å². The van der Waals surface area contributed by atoms with Gasteiger partial charge in [0.1, 0.15) is 0 Å². The van der Waals surface area contributed by atoms with Crippen molar-refractivity contribution in [3.8, 4) is 0 Å². The number of hydrogen-bond acceptors (Lipinski definition) is 3. The molecule has 2 atom stereocenters. The van der Waals surface area contributed by atoms with Crippen molar-refractivity contribution in [1.29, 1.82) is 0 Å². The van der Waals surface area contributed by atoms with E-state index in [1.807, 2.05) is 0 Å². The van der Waals surface area contributed by atoms with Gasteiger partial charge in [-0.25, -0.2) is 0 Å². The van der Waals surface area contributed by atoms with E-state index >= 15 is 0 Å². The van der Waals surface area contributed by atoms with Crippen molar-refractivity contribution in [3.63, 3.8) is 0 Å². The Morgan fingerprint density at radius 2 is 2.17 bits per heavy atom. The highest BCUT2D eigenvalue weighted by Gasteiger charge is 2.23. The average molecular weight is 275 g/mol. The molecule has 1 saturated heterocycles. The van der Waals surface area contributed by atoms with E-state index in [0.29, 0.717) is 12.0 Å². The van der Waals surface area contributed by atoms with Crippen molar-refractivity contribution in [2.24, 2.45) is 10.9 Å². The molecule has 0 saturated carbocycles. The van der Waals surface area contributed by atoms with Gasteiger partial charge in [0.25, 0.3) is 0 Å². The van der Waals surface area contributed by atoms with Crippen LogP contribution in [0.3, 0.4) is 0 Å². The Morgan fingerprint density at radius 1 is 1.44 bits per heavy atom. The van der Waals surface area contributed by atoms with Crippen LogP contribution in [-0.2, 0) is 8.37 Å². The topological polar surface area (TPSA) is 30.8 Å². The molecule has 0 aromatic heterocycles. The van der Waals surface area contributed by atoms with Gasteiger partial charge in [0.2, 0.25) is 0 Å². The highest BCUT2D eigenvalue weighted by Crippen LogP contribution is 2.51. The molecule has 0 N–H and O–H groups in total. The molecule has 1 heterocycles. The minimum Gasteiger partial charge on any atom is -0.294 e. The summed E-state index contributed by atoms with van der Waals surface area (Å²) < 4.78 is 11.8. The Labute approximate surface area is 114 Å².